The molecule has 1 atom stereocenters. The molecule has 1 heterocycles. The minimum atomic E-state index is 0.423. The highest BCUT2D eigenvalue weighted by molar-refractivity contribution is 7.99. The van der Waals surface area contributed by atoms with E-state index in [-0.39, 0.29) is 0 Å². The highest BCUT2D eigenvalue weighted by Crippen LogP contribution is 2.36. The summed E-state index contributed by atoms with van der Waals surface area (Å²) in [6.07, 6.45) is 2.60. The van der Waals surface area contributed by atoms with Gasteiger partial charge < -0.3 is 10.1 Å². The van der Waals surface area contributed by atoms with Gasteiger partial charge in [-0.25, -0.2) is 0 Å². The first-order valence-corrected chi connectivity index (χ1v) is 7.40. The van der Waals surface area contributed by atoms with E-state index in [4.69, 9.17) is 4.74 Å². The summed E-state index contributed by atoms with van der Waals surface area (Å²) < 4.78 is 5.47. The van der Waals surface area contributed by atoms with Crippen LogP contribution in [0.15, 0.2) is 24.3 Å². The van der Waals surface area contributed by atoms with Crippen molar-refractivity contribution in [2.24, 2.45) is 5.92 Å². The fourth-order valence-electron chi connectivity index (χ4n) is 2.62. The lowest BCUT2D eigenvalue weighted by Crippen LogP contribution is -2.28. The van der Waals surface area contributed by atoms with Crippen molar-refractivity contribution < 1.29 is 4.74 Å². The van der Waals surface area contributed by atoms with E-state index in [9.17, 15) is 0 Å². The Kier molecular flexibility index (Phi) is 4.75. The number of para-hydroxylation sites is 1. The molecule has 0 radical (unpaired) electrons. The van der Waals surface area contributed by atoms with E-state index in [1.54, 1.807) is 7.11 Å². The quantitative estimate of drug-likeness (QED) is 0.888. The summed E-state index contributed by atoms with van der Waals surface area (Å²) >= 11 is 2.07. The number of benzene rings is 1. The van der Waals surface area contributed by atoms with Gasteiger partial charge in [0.15, 0.2) is 0 Å². The molecule has 1 fully saturated rings. The first-order valence-electron chi connectivity index (χ1n) is 6.24. The van der Waals surface area contributed by atoms with E-state index in [2.05, 4.69) is 42.3 Å². The van der Waals surface area contributed by atoms with Gasteiger partial charge in [0.2, 0.25) is 0 Å². The lowest BCUT2D eigenvalue weighted by Gasteiger charge is -2.31. The van der Waals surface area contributed by atoms with E-state index in [1.165, 1.54) is 29.9 Å². The molecule has 1 aliphatic rings. The summed E-state index contributed by atoms with van der Waals surface area (Å²) in [6, 6.07) is 8.79. The smallest absolute Gasteiger partial charge is 0.123 e. The third-order valence-electron chi connectivity index (χ3n) is 3.52. The zero-order valence-corrected chi connectivity index (χ0v) is 11.4. The highest BCUT2D eigenvalue weighted by Gasteiger charge is 2.25. The standard InChI is InChI=1S/C14H21NOS/c1-15-14(11-7-9-17-10-8-11)12-5-3-4-6-13(12)16-2/h3-6,11,14-15H,7-10H2,1-2H3. The summed E-state index contributed by atoms with van der Waals surface area (Å²) in [4.78, 5) is 0. The number of thioether (sulfide) groups is 1. The average molecular weight is 251 g/mol. The molecule has 2 rings (SSSR count). The Morgan fingerprint density at radius 3 is 2.65 bits per heavy atom. The second kappa shape index (κ2) is 6.31. The number of ether oxygens (including phenoxy) is 1. The highest BCUT2D eigenvalue weighted by atomic mass is 32.2. The molecule has 3 heteroatoms. The van der Waals surface area contributed by atoms with Crippen LogP contribution < -0.4 is 10.1 Å². The first-order chi connectivity index (χ1) is 8.36. The molecule has 0 spiro atoms. The Morgan fingerprint density at radius 1 is 1.29 bits per heavy atom. The molecule has 1 N–H and O–H groups in total. The maximum Gasteiger partial charge on any atom is 0.123 e. The van der Waals surface area contributed by atoms with Crippen molar-refractivity contribution in [3.8, 4) is 5.75 Å². The minimum Gasteiger partial charge on any atom is -0.496 e. The molecule has 1 aliphatic heterocycles. The topological polar surface area (TPSA) is 21.3 Å². The second-order valence-corrected chi connectivity index (χ2v) is 5.68. The van der Waals surface area contributed by atoms with Gasteiger partial charge in [-0.3, -0.25) is 0 Å². The summed E-state index contributed by atoms with van der Waals surface area (Å²) in [5, 5.41) is 3.47. The lowest BCUT2D eigenvalue weighted by molar-refractivity contribution is 0.339. The van der Waals surface area contributed by atoms with Crippen molar-refractivity contribution >= 4 is 11.8 Å². The van der Waals surface area contributed by atoms with Crippen molar-refractivity contribution in [3.05, 3.63) is 29.8 Å². The molecule has 1 aromatic carbocycles. The monoisotopic (exact) mass is 251 g/mol. The second-order valence-electron chi connectivity index (χ2n) is 4.46. The maximum atomic E-state index is 5.47. The van der Waals surface area contributed by atoms with Crippen LogP contribution in [0.1, 0.15) is 24.4 Å². The maximum absolute atomic E-state index is 5.47. The van der Waals surface area contributed by atoms with Crippen LogP contribution in [-0.2, 0) is 0 Å². The Bertz CT molecular complexity index is 350. The van der Waals surface area contributed by atoms with Crippen LogP contribution in [0.25, 0.3) is 0 Å². The zero-order valence-electron chi connectivity index (χ0n) is 10.6. The van der Waals surface area contributed by atoms with E-state index in [0.29, 0.717) is 6.04 Å². The molecular weight excluding hydrogens is 230 g/mol. The van der Waals surface area contributed by atoms with Gasteiger partial charge in [0.1, 0.15) is 5.75 Å². The zero-order chi connectivity index (χ0) is 12.1. The molecule has 17 heavy (non-hydrogen) atoms. The average Bonchev–Trinajstić information content (AvgIpc) is 2.41. The van der Waals surface area contributed by atoms with Crippen molar-refractivity contribution in [2.75, 3.05) is 25.7 Å². The van der Waals surface area contributed by atoms with Gasteiger partial charge in [-0.2, -0.15) is 11.8 Å². The molecule has 94 valence electrons. The van der Waals surface area contributed by atoms with Crippen LogP contribution >= 0.6 is 11.8 Å². The van der Waals surface area contributed by atoms with Gasteiger partial charge in [0.05, 0.1) is 7.11 Å². The van der Waals surface area contributed by atoms with Gasteiger partial charge in [0.25, 0.3) is 0 Å². The molecular formula is C14H21NOS. The molecule has 1 unspecified atom stereocenters. The third kappa shape index (κ3) is 2.96. The fourth-order valence-corrected chi connectivity index (χ4v) is 3.76. The van der Waals surface area contributed by atoms with Crippen LogP contribution in [0.3, 0.4) is 0 Å². The molecule has 0 amide bonds. The molecule has 1 aromatic rings. The largest absolute Gasteiger partial charge is 0.496 e. The van der Waals surface area contributed by atoms with Gasteiger partial charge in [-0.1, -0.05) is 18.2 Å². The fraction of sp³-hybridized carbons (Fsp3) is 0.571. The Balaban J connectivity index is 2.21. The van der Waals surface area contributed by atoms with Gasteiger partial charge in [-0.05, 0) is 43.4 Å². The van der Waals surface area contributed by atoms with E-state index >= 15 is 0 Å². The summed E-state index contributed by atoms with van der Waals surface area (Å²) in [7, 11) is 3.81. The van der Waals surface area contributed by atoms with Crippen molar-refractivity contribution in [3.63, 3.8) is 0 Å². The molecule has 0 aliphatic carbocycles. The number of hydrogen-bond donors (Lipinski definition) is 1. The Labute approximate surface area is 108 Å². The van der Waals surface area contributed by atoms with Crippen LogP contribution in [0.5, 0.6) is 5.75 Å². The minimum absolute atomic E-state index is 0.423. The predicted molar refractivity (Wildman–Crippen MR) is 74.8 cm³/mol. The lowest BCUT2D eigenvalue weighted by atomic mass is 9.88. The molecule has 0 aromatic heterocycles. The van der Waals surface area contributed by atoms with E-state index in [1.807, 2.05) is 6.07 Å². The molecule has 0 bridgehead atoms. The number of rotatable bonds is 4. The van der Waals surface area contributed by atoms with Crippen LogP contribution in [-0.4, -0.2) is 25.7 Å². The molecule has 2 nitrogen and oxygen atoms in total. The number of nitrogens with one attached hydrogen (secondary N) is 1. The Morgan fingerprint density at radius 2 is 2.00 bits per heavy atom. The third-order valence-corrected chi connectivity index (χ3v) is 4.57. The Hall–Kier alpha value is -0.670. The molecule has 0 saturated carbocycles. The van der Waals surface area contributed by atoms with E-state index in [0.717, 1.165) is 11.7 Å². The van der Waals surface area contributed by atoms with E-state index < -0.39 is 0 Å². The number of hydrogen-bond acceptors (Lipinski definition) is 3. The van der Waals surface area contributed by atoms with Crippen molar-refractivity contribution in [2.45, 2.75) is 18.9 Å². The summed E-state index contributed by atoms with van der Waals surface area (Å²) in [5.74, 6) is 4.32. The molecule has 1 saturated heterocycles. The summed E-state index contributed by atoms with van der Waals surface area (Å²) in [5.41, 5.74) is 1.30. The van der Waals surface area contributed by atoms with Gasteiger partial charge in [-0.15, -0.1) is 0 Å². The van der Waals surface area contributed by atoms with Crippen LogP contribution in [0.2, 0.25) is 0 Å². The van der Waals surface area contributed by atoms with Crippen molar-refractivity contribution in [1.29, 1.82) is 0 Å². The van der Waals surface area contributed by atoms with Crippen molar-refractivity contribution in [1.82, 2.24) is 5.32 Å². The predicted octanol–water partition coefficient (Wildman–Crippen LogP) is 3.10. The normalized spacial score (nSPS) is 18.9. The number of methoxy groups -OCH3 is 1. The van der Waals surface area contributed by atoms with Gasteiger partial charge in [0, 0.05) is 11.6 Å². The van der Waals surface area contributed by atoms with Crippen LogP contribution in [0.4, 0.5) is 0 Å². The first kappa shape index (κ1) is 12.8. The summed E-state index contributed by atoms with van der Waals surface area (Å²) in [6.45, 7) is 0. The van der Waals surface area contributed by atoms with Gasteiger partial charge >= 0.3 is 0 Å². The SMILES string of the molecule is CNC(c1ccccc1OC)C1CCSCC1. The van der Waals surface area contributed by atoms with Crippen LogP contribution in [0, 0.1) is 5.92 Å².